The molecule has 2 fully saturated rings. The first-order valence-corrected chi connectivity index (χ1v) is 9.18. The number of pyridine rings is 1. The van der Waals surface area contributed by atoms with Crippen LogP contribution in [0.15, 0.2) is 33.4 Å². The zero-order valence-corrected chi connectivity index (χ0v) is 14.4. The Kier molecular flexibility index (Phi) is 3.97. The van der Waals surface area contributed by atoms with Crippen molar-refractivity contribution in [1.82, 2.24) is 30.2 Å². The lowest BCUT2D eigenvalue weighted by Crippen LogP contribution is -2.33. The van der Waals surface area contributed by atoms with E-state index in [9.17, 15) is 0 Å². The predicted molar refractivity (Wildman–Crippen MR) is 90.8 cm³/mol. The minimum Gasteiger partial charge on any atom is -0.338 e. The molecule has 134 valence electrons. The first kappa shape index (κ1) is 15.6. The molecule has 0 radical (unpaired) electrons. The zero-order valence-electron chi connectivity index (χ0n) is 14.4. The van der Waals surface area contributed by atoms with Crippen molar-refractivity contribution in [2.75, 3.05) is 6.54 Å². The van der Waals surface area contributed by atoms with Crippen LogP contribution in [0.1, 0.15) is 61.7 Å². The average molecular weight is 352 g/mol. The lowest BCUT2D eigenvalue weighted by atomic mass is 10.0. The molecule has 8 nitrogen and oxygen atoms in total. The van der Waals surface area contributed by atoms with E-state index in [-0.39, 0.29) is 6.04 Å². The Morgan fingerprint density at radius 1 is 1.04 bits per heavy atom. The fraction of sp³-hybridized carbons (Fsp3) is 0.500. The summed E-state index contributed by atoms with van der Waals surface area (Å²) in [6, 6.07) is 5.76. The highest BCUT2D eigenvalue weighted by atomic mass is 16.5. The first-order chi connectivity index (χ1) is 12.9. The topological polar surface area (TPSA) is 94.0 Å². The molecule has 0 bridgehead atoms. The van der Waals surface area contributed by atoms with Gasteiger partial charge < -0.3 is 9.05 Å². The molecule has 4 heterocycles. The molecule has 1 aliphatic carbocycles. The standard InChI is InChI=1S/C18H20N6O2/c1-3-9-19-13(5-1)17-20-15(25-23-17)11-24-10-4-2-6-14(24)18-21-16(22-26-18)12-7-8-12/h1,3,5,9,12,14H,2,4,6-8,10-11H2. The second kappa shape index (κ2) is 6.60. The normalized spacial score (nSPS) is 21.2. The molecule has 0 amide bonds. The number of nitrogens with zero attached hydrogens (tertiary/aromatic N) is 6. The molecular formula is C18H20N6O2. The van der Waals surface area contributed by atoms with Crippen molar-refractivity contribution in [3.63, 3.8) is 0 Å². The van der Waals surface area contributed by atoms with Crippen molar-refractivity contribution in [1.29, 1.82) is 0 Å². The van der Waals surface area contributed by atoms with E-state index in [4.69, 9.17) is 9.05 Å². The molecule has 5 rings (SSSR count). The van der Waals surface area contributed by atoms with Gasteiger partial charge in [0.2, 0.25) is 17.6 Å². The number of piperidine rings is 1. The molecule has 0 spiro atoms. The summed E-state index contributed by atoms with van der Waals surface area (Å²) >= 11 is 0. The molecule has 2 aliphatic rings. The van der Waals surface area contributed by atoms with E-state index < -0.39 is 0 Å². The van der Waals surface area contributed by atoms with Crippen LogP contribution in [-0.4, -0.2) is 36.7 Å². The summed E-state index contributed by atoms with van der Waals surface area (Å²) in [6.07, 6.45) is 7.37. The predicted octanol–water partition coefficient (Wildman–Crippen LogP) is 3.12. The fourth-order valence-corrected chi connectivity index (χ4v) is 3.44. The second-order valence-corrected chi connectivity index (χ2v) is 6.97. The smallest absolute Gasteiger partial charge is 0.244 e. The van der Waals surface area contributed by atoms with Gasteiger partial charge in [-0.25, -0.2) is 0 Å². The van der Waals surface area contributed by atoms with Crippen molar-refractivity contribution in [3.05, 3.63) is 42.0 Å². The van der Waals surface area contributed by atoms with Crippen LogP contribution < -0.4 is 0 Å². The van der Waals surface area contributed by atoms with E-state index in [1.54, 1.807) is 6.20 Å². The Balaban J connectivity index is 1.33. The number of hydrogen-bond donors (Lipinski definition) is 0. The van der Waals surface area contributed by atoms with E-state index in [0.717, 1.165) is 37.5 Å². The highest BCUT2D eigenvalue weighted by Gasteiger charge is 2.33. The van der Waals surface area contributed by atoms with Gasteiger partial charge in [-0.2, -0.15) is 9.97 Å². The summed E-state index contributed by atoms with van der Waals surface area (Å²) in [6.45, 7) is 1.53. The highest BCUT2D eigenvalue weighted by molar-refractivity contribution is 5.46. The van der Waals surface area contributed by atoms with Gasteiger partial charge in [-0.1, -0.05) is 22.8 Å². The minimum atomic E-state index is 0.119. The van der Waals surface area contributed by atoms with Crippen LogP contribution >= 0.6 is 0 Å². The fourth-order valence-electron chi connectivity index (χ4n) is 3.44. The van der Waals surface area contributed by atoms with Gasteiger partial charge in [0, 0.05) is 12.1 Å². The summed E-state index contributed by atoms with van der Waals surface area (Å²) in [5.74, 6) is 3.18. The van der Waals surface area contributed by atoms with E-state index in [1.165, 1.54) is 12.8 Å². The Labute approximate surface area is 150 Å². The van der Waals surface area contributed by atoms with E-state index in [0.29, 0.717) is 29.9 Å². The molecule has 26 heavy (non-hydrogen) atoms. The van der Waals surface area contributed by atoms with Crippen LogP contribution in [0.3, 0.4) is 0 Å². The maximum atomic E-state index is 5.57. The van der Waals surface area contributed by atoms with Crippen LogP contribution in [0.5, 0.6) is 0 Å². The maximum absolute atomic E-state index is 5.57. The largest absolute Gasteiger partial charge is 0.338 e. The lowest BCUT2D eigenvalue weighted by Gasteiger charge is -2.31. The molecule has 1 saturated carbocycles. The van der Waals surface area contributed by atoms with Crippen molar-refractivity contribution in [2.24, 2.45) is 0 Å². The van der Waals surface area contributed by atoms with Crippen LogP contribution in [-0.2, 0) is 6.54 Å². The van der Waals surface area contributed by atoms with Gasteiger partial charge in [-0.05, 0) is 44.4 Å². The number of rotatable bonds is 5. The van der Waals surface area contributed by atoms with Crippen molar-refractivity contribution in [2.45, 2.75) is 50.6 Å². The quantitative estimate of drug-likeness (QED) is 0.691. The van der Waals surface area contributed by atoms with E-state index >= 15 is 0 Å². The molecule has 3 aromatic rings. The van der Waals surface area contributed by atoms with Gasteiger partial charge in [0.1, 0.15) is 5.69 Å². The van der Waals surface area contributed by atoms with Crippen molar-refractivity contribution in [3.8, 4) is 11.5 Å². The molecule has 0 aromatic carbocycles. The summed E-state index contributed by atoms with van der Waals surface area (Å²) in [7, 11) is 0. The summed E-state index contributed by atoms with van der Waals surface area (Å²) in [5, 5.41) is 8.22. The van der Waals surface area contributed by atoms with Crippen molar-refractivity contribution >= 4 is 0 Å². The Morgan fingerprint density at radius 3 is 2.85 bits per heavy atom. The minimum absolute atomic E-state index is 0.119. The van der Waals surface area contributed by atoms with Crippen LogP contribution in [0, 0.1) is 0 Å². The lowest BCUT2D eigenvalue weighted by molar-refractivity contribution is 0.0986. The third kappa shape index (κ3) is 3.12. The molecule has 1 unspecified atom stereocenters. The molecule has 1 atom stereocenters. The number of hydrogen-bond acceptors (Lipinski definition) is 8. The molecule has 3 aromatic heterocycles. The maximum Gasteiger partial charge on any atom is 0.244 e. The van der Waals surface area contributed by atoms with Gasteiger partial charge in [0.25, 0.3) is 0 Å². The van der Waals surface area contributed by atoms with Gasteiger partial charge in [0.05, 0.1) is 12.6 Å². The van der Waals surface area contributed by atoms with Crippen molar-refractivity contribution < 1.29 is 9.05 Å². The number of aromatic nitrogens is 5. The molecule has 0 N–H and O–H groups in total. The van der Waals surface area contributed by atoms with Crippen LogP contribution in [0.2, 0.25) is 0 Å². The summed E-state index contributed by atoms with van der Waals surface area (Å²) < 4.78 is 11.0. The molecular weight excluding hydrogens is 332 g/mol. The van der Waals surface area contributed by atoms with Gasteiger partial charge in [-0.3, -0.25) is 9.88 Å². The monoisotopic (exact) mass is 352 g/mol. The van der Waals surface area contributed by atoms with Crippen LogP contribution in [0.4, 0.5) is 0 Å². The SMILES string of the molecule is c1ccc(-c2noc(CN3CCCCC3c3nc(C4CC4)no3)n2)nc1. The van der Waals surface area contributed by atoms with Crippen LogP contribution in [0.25, 0.3) is 11.5 Å². The zero-order chi connectivity index (χ0) is 17.3. The molecule has 1 aliphatic heterocycles. The Bertz CT molecular complexity index is 873. The van der Waals surface area contributed by atoms with E-state index in [2.05, 4.69) is 30.2 Å². The number of likely N-dealkylation sites (tertiary alicyclic amines) is 1. The summed E-state index contributed by atoms with van der Waals surface area (Å²) in [5.41, 5.74) is 0.712. The van der Waals surface area contributed by atoms with E-state index in [1.807, 2.05) is 18.2 Å². The third-order valence-corrected chi connectivity index (χ3v) is 5.00. The Hall–Kier alpha value is -2.61. The Morgan fingerprint density at radius 2 is 2.00 bits per heavy atom. The third-order valence-electron chi connectivity index (χ3n) is 5.00. The molecule has 8 heteroatoms. The van der Waals surface area contributed by atoms with Gasteiger partial charge in [-0.15, -0.1) is 0 Å². The van der Waals surface area contributed by atoms with Gasteiger partial charge in [0.15, 0.2) is 5.82 Å². The second-order valence-electron chi connectivity index (χ2n) is 6.97. The highest BCUT2D eigenvalue weighted by Crippen LogP contribution is 2.39. The first-order valence-electron chi connectivity index (χ1n) is 9.18. The molecule has 1 saturated heterocycles. The van der Waals surface area contributed by atoms with Gasteiger partial charge >= 0.3 is 0 Å². The average Bonchev–Trinajstić information content (AvgIpc) is 3.24. The summed E-state index contributed by atoms with van der Waals surface area (Å²) in [4.78, 5) is 15.7.